The number of aryl methyl sites for hydroxylation is 2. The molecule has 0 aromatic heterocycles. The van der Waals surface area contributed by atoms with E-state index in [1.807, 2.05) is 39.0 Å². The molecule has 1 aliphatic heterocycles. The van der Waals surface area contributed by atoms with Crippen LogP contribution in [0.2, 0.25) is 0 Å². The number of morpholine rings is 1. The molecule has 1 aromatic carbocycles. The van der Waals surface area contributed by atoms with Gasteiger partial charge in [0.05, 0.1) is 19.8 Å². The van der Waals surface area contributed by atoms with Crippen molar-refractivity contribution in [2.24, 2.45) is 0 Å². The van der Waals surface area contributed by atoms with Crippen LogP contribution in [0.5, 0.6) is 5.75 Å². The Hall–Kier alpha value is -1.59. The molecule has 22 heavy (non-hydrogen) atoms. The van der Waals surface area contributed by atoms with E-state index < -0.39 is 0 Å². The van der Waals surface area contributed by atoms with Crippen molar-refractivity contribution < 1.29 is 19.0 Å². The molecule has 5 nitrogen and oxygen atoms in total. The first-order valence-corrected chi connectivity index (χ1v) is 7.78. The minimum absolute atomic E-state index is 0.0258. The lowest BCUT2D eigenvalue weighted by Crippen LogP contribution is -2.47. The first kappa shape index (κ1) is 16.8. The summed E-state index contributed by atoms with van der Waals surface area (Å²) in [7, 11) is 0. The van der Waals surface area contributed by atoms with Gasteiger partial charge in [-0.25, -0.2) is 0 Å². The van der Waals surface area contributed by atoms with Crippen molar-refractivity contribution in [2.75, 3.05) is 39.5 Å². The molecule has 1 fully saturated rings. The fraction of sp³-hybridized carbons (Fsp3) is 0.588. The number of carbonyl (C=O) groups excluding carboxylic acids is 1. The van der Waals surface area contributed by atoms with Crippen molar-refractivity contribution in [1.29, 1.82) is 0 Å². The normalized spacial score (nSPS) is 19.0. The number of ether oxygens (including phenoxy) is 3. The van der Waals surface area contributed by atoms with Crippen molar-refractivity contribution >= 4 is 5.97 Å². The summed E-state index contributed by atoms with van der Waals surface area (Å²) in [4.78, 5) is 13.6. The molecule has 0 bridgehead atoms. The molecule has 5 heteroatoms. The van der Waals surface area contributed by atoms with Crippen molar-refractivity contribution in [1.82, 2.24) is 4.90 Å². The quantitative estimate of drug-likeness (QED) is 0.752. The van der Waals surface area contributed by atoms with Crippen LogP contribution in [-0.4, -0.2) is 56.4 Å². The summed E-state index contributed by atoms with van der Waals surface area (Å²) in [6.07, 6.45) is -0.0258. The topological polar surface area (TPSA) is 48.0 Å². The van der Waals surface area contributed by atoms with Gasteiger partial charge in [0, 0.05) is 13.1 Å². The van der Waals surface area contributed by atoms with E-state index in [0.29, 0.717) is 32.9 Å². The highest BCUT2D eigenvalue weighted by molar-refractivity contribution is 5.71. The van der Waals surface area contributed by atoms with E-state index in [1.54, 1.807) is 0 Å². The molecule has 0 spiro atoms. The minimum Gasteiger partial charge on any atom is -0.490 e. The van der Waals surface area contributed by atoms with E-state index in [4.69, 9.17) is 14.2 Å². The van der Waals surface area contributed by atoms with E-state index in [1.165, 1.54) is 0 Å². The van der Waals surface area contributed by atoms with Gasteiger partial charge in [-0.2, -0.15) is 0 Å². The Morgan fingerprint density at radius 3 is 2.77 bits per heavy atom. The second-order valence-corrected chi connectivity index (χ2v) is 5.56. The molecule has 1 aliphatic rings. The van der Waals surface area contributed by atoms with Crippen LogP contribution in [0.1, 0.15) is 18.1 Å². The predicted molar refractivity (Wildman–Crippen MR) is 84.2 cm³/mol. The van der Waals surface area contributed by atoms with Crippen LogP contribution in [0.15, 0.2) is 18.2 Å². The Balaban J connectivity index is 1.84. The Labute approximate surface area is 132 Å². The van der Waals surface area contributed by atoms with Crippen LogP contribution in [0.4, 0.5) is 0 Å². The van der Waals surface area contributed by atoms with Crippen molar-refractivity contribution in [3.8, 4) is 5.75 Å². The smallest absolute Gasteiger partial charge is 0.320 e. The highest BCUT2D eigenvalue weighted by atomic mass is 16.5. The summed E-state index contributed by atoms with van der Waals surface area (Å²) in [6, 6.07) is 6.10. The van der Waals surface area contributed by atoms with Crippen LogP contribution in [-0.2, 0) is 14.3 Å². The van der Waals surface area contributed by atoms with Gasteiger partial charge in [-0.3, -0.25) is 9.69 Å². The Morgan fingerprint density at radius 1 is 1.36 bits per heavy atom. The van der Waals surface area contributed by atoms with Crippen LogP contribution in [0, 0.1) is 13.8 Å². The maximum atomic E-state index is 11.6. The molecular weight excluding hydrogens is 282 g/mol. The highest BCUT2D eigenvalue weighted by Crippen LogP contribution is 2.22. The van der Waals surface area contributed by atoms with Crippen molar-refractivity contribution in [3.05, 3.63) is 29.3 Å². The van der Waals surface area contributed by atoms with Gasteiger partial charge in [-0.1, -0.05) is 18.2 Å². The van der Waals surface area contributed by atoms with Crippen LogP contribution >= 0.6 is 0 Å². The minimum atomic E-state index is -0.182. The number of hydrogen-bond donors (Lipinski definition) is 0. The molecule has 1 aromatic rings. The summed E-state index contributed by atoms with van der Waals surface area (Å²) in [6.45, 7) is 9.17. The van der Waals surface area contributed by atoms with Gasteiger partial charge >= 0.3 is 5.97 Å². The Bertz CT molecular complexity index is 483. The predicted octanol–water partition coefficient (Wildman–Crippen LogP) is 1.95. The number of carbonyl (C=O) groups is 1. The SMILES string of the molecule is CCOC(=O)CN1CCO[C@@H](COc2c(C)cccc2C)C1. The number of benzene rings is 1. The van der Waals surface area contributed by atoms with Gasteiger partial charge < -0.3 is 14.2 Å². The van der Waals surface area contributed by atoms with E-state index in [2.05, 4.69) is 4.90 Å². The van der Waals surface area contributed by atoms with E-state index in [0.717, 1.165) is 23.4 Å². The summed E-state index contributed by atoms with van der Waals surface area (Å²) < 4.78 is 16.7. The highest BCUT2D eigenvalue weighted by Gasteiger charge is 2.23. The molecule has 2 rings (SSSR count). The molecule has 122 valence electrons. The number of nitrogens with zero attached hydrogens (tertiary/aromatic N) is 1. The Kier molecular flexibility index (Phi) is 6.21. The summed E-state index contributed by atoms with van der Waals surface area (Å²) >= 11 is 0. The number of esters is 1. The van der Waals surface area contributed by atoms with Crippen LogP contribution < -0.4 is 4.74 Å². The van der Waals surface area contributed by atoms with Crippen molar-refractivity contribution in [3.63, 3.8) is 0 Å². The summed E-state index contributed by atoms with van der Waals surface area (Å²) in [5.74, 6) is 0.743. The Morgan fingerprint density at radius 2 is 2.09 bits per heavy atom. The number of rotatable bonds is 6. The van der Waals surface area contributed by atoms with E-state index >= 15 is 0 Å². The monoisotopic (exact) mass is 307 g/mol. The second-order valence-electron chi connectivity index (χ2n) is 5.56. The molecule has 1 saturated heterocycles. The molecule has 1 heterocycles. The van der Waals surface area contributed by atoms with Gasteiger partial charge in [0.15, 0.2) is 0 Å². The molecule has 0 radical (unpaired) electrons. The third kappa shape index (κ3) is 4.71. The fourth-order valence-electron chi connectivity index (χ4n) is 2.62. The summed E-state index contributed by atoms with van der Waals surface area (Å²) in [5, 5.41) is 0. The lowest BCUT2D eigenvalue weighted by Gasteiger charge is -2.32. The molecule has 0 aliphatic carbocycles. The molecule has 0 amide bonds. The molecule has 1 atom stereocenters. The van der Waals surface area contributed by atoms with E-state index in [-0.39, 0.29) is 12.1 Å². The van der Waals surface area contributed by atoms with Gasteiger partial charge in [0.2, 0.25) is 0 Å². The van der Waals surface area contributed by atoms with Gasteiger partial charge in [0.25, 0.3) is 0 Å². The molecule has 0 saturated carbocycles. The van der Waals surface area contributed by atoms with Gasteiger partial charge in [-0.05, 0) is 31.9 Å². The zero-order chi connectivity index (χ0) is 15.9. The van der Waals surface area contributed by atoms with Crippen LogP contribution in [0.25, 0.3) is 0 Å². The average Bonchev–Trinajstić information content (AvgIpc) is 2.47. The zero-order valence-electron chi connectivity index (χ0n) is 13.6. The van der Waals surface area contributed by atoms with Crippen LogP contribution in [0.3, 0.4) is 0 Å². The van der Waals surface area contributed by atoms with Crippen molar-refractivity contribution in [2.45, 2.75) is 26.9 Å². The maximum Gasteiger partial charge on any atom is 0.320 e. The maximum absolute atomic E-state index is 11.6. The largest absolute Gasteiger partial charge is 0.490 e. The van der Waals surface area contributed by atoms with Gasteiger partial charge in [0.1, 0.15) is 18.5 Å². The lowest BCUT2D eigenvalue weighted by molar-refractivity contribution is -0.146. The number of hydrogen-bond acceptors (Lipinski definition) is 5. The third-order valence-corrected chi connectivity index (χ3v) is 3.70. The average molecular weight is 307 g/mol. The zero-order valence-corrected chi connectivity index (χ0v) is 13.6. The first-order valence-electron chi connectivity index (χ1n) is 7.78. The fourth-order valence-corrected chi connectivity index (χ4v) is 2.62. The number of para-hydroxylation sites is 1. The lowest BCUT2D eigenvalue weighted by atomic mass is 10.1. The first-order chi connectivity index (χ1) is 10.6. The van der Waals surface area contributed by atoms with E-state index in [9.17, 15) is 4.79 Å². The summed E-state index contributed by atoms with van der Waals surface area (Å²) in [5.41, 5.74) is 2.25. The second kappa shape index (κ2) is 8.15. The molecule has 0 unspecified atom stereocenters. The standard InChI is InChI=1S/C17H25NO4/c1-4-20-16(19)11-18-8-9-21-15(10-18)12-22-17-13(2)6-5-7-14(17)3/h5-7,15H,4,8-12H2,1-3H3/t15-/m1/s1. The third-order valence-electron chi connectivity index (χ3n) is 3.70. The molecule has 0 N–H and O–H groups in total. The molecular formula is C17H25NO4. The van der Waals surface area contributed by atoms with Gasteiger partial charge in [-0.15, -0.1) is 0 Å².